The molecular weight excluding hydrogens is 370 g/mol. The monoisotopic (exact) mass is 399 g/mol. The summed E-state index contributed by atoms with van der Waals surface area (Å²) in [6.45, 7) is 15.0. The summed E-state index contributed by atoms with van der Waals surface area (Å²) in [5.41, 5.74) is 1.32. The molecule has 0 N–H and O–H groups in total. The lowest BCUT2D eigenvalue weighted by Crippen LogP contribution is -2.18. The van der Waals surface area contributed by atoms with E-state index in [1.807, 2.05) is 45.8 Å². The van der Waals surface area contributed by atoms with Crippen molar-refractivity contribution in [2.24, 2.45) is 0 Å². The molecule has 0 aromatic carbocycles. The summed E-state index contributed by atoms with van der Waals surface area (Å²) < 4.78 is 2.10. The van der Waals surface area contributed by atoms with E-state index < -0.39 is 0 Å². The lowest BCUT2D eigenvalue weighted by Gasteiger charge is -2.11. The van der Waals surface area contributed by atoms with Crippen molar-refractivity contribution >= 4 is 43.3 Å². The van der Waals surface area contributed by atoms with Crippen molar-refractivity contribution in [3.8, 4) is 0 Å². The van der Waals surface area contributed by atoms with Crippen LogP contribution in [0.2, 0.25) is 0 Å². The van der Waals surface area contributed by atoms with Gasteiger partial charge in [-0.1, -0.05) is 39.5 Å². The zero-order chi connectivity index (χ0) is 21.3. The molecule has 6 nitrogen and oxygen atoms in total. The van der Waals surface area contributed by atoms with E-state index in [-0.39, 0.29) is 5.56 Å². The van der Waals surface area contributed by atoms with E-state index in [2.05, 4.69) is 35.0 Å². The van der Waals surface area contributed by atoms with E-state index in [1.165, 1.54) is 22.2 Å². The van der Waals surface area contributed by atoms with Gasteiger partial charge in [-0.15, -0.1) is 17.9 Å². The lowest BCUT2D eigenvalue weighted by atomic mass is 10.3. The van der Waals surface area contributed by atoms with Crippen molar-refractivity contribution in [1.29, 1.82) is 0 Å². The van der Waals surface area contributed by atoms with E-state index in [0.29, 0.717) is 10.2 Å². The Hall–Kier alpha value is -2.80. The Morgan fingerprint density at radius 2 is 1.89 bits per heavy atom. The van der Waals surface area contributed by atoms with Crippen molar-refractivity contribution in [1.82, 2.24) is 19.5 Å². The van der Waals surface area contributed by atoms with Gasteiger partial charge in [0.25, 0.3) is 5.56 Å². The van der Waals surface area contributed by atoms with Gasteiger partial charge in [-0.2, -0.15) is 0 Å². The van der Waals surface area contributed by atoms with E-state index in [4.69, 9.17) is 0 Å². The number of hydrogen-bond donors (Lipinski definition) is 0. The molecule has 0 bridgehead atoms. The molecular formula is C21H29N5OS. The highest BCUT2D eigenvalue weighted by Crippen LogP contribution is 2.33. The molecule has 7 heteroatoms. The first kappa shape index (κ1) is 23.2. The molecule has 0 unspecified atom stereocenters. The molecule has 0 amide bonds. The van der Waals surface area contributed by atoms with Gasteiger partial charge >= 0.3 is 0 Å². The van der Waals surface area contributed by atoms with Gasteiger partial charge < -0.3 is 4.90 Å². The summed E-state index contributed by atoms with van der Waals surface area (Å²) >= 11 is 1.34. The standard InChI is InChI=1S/C15H15N5OS.C4H8.C2H6/c1-5-6-9(2)20-8-18-11-10-13(19(3)4)16-7-17-14(10)22-12(11)15(20)21;1-3-4-2;1-2/h5-8H,1H2,2-4H3;3H,1,4H2,2H3;1-2H3/b9-6+;;. The molecule has 0 aliphatic carbocycles. The Labute approximate surface area is 170 Å². The Kier molecular flexibility index (Phi) is 9.24. The van der Waals surface area contributed by atoms with Crippen LogP contribution in [0.3, 0.4) is 0 Å². The average Bonchev–Trinajstić information content (AvgIpc) is 3.09. The molecule has 0 aliphatic heterocycles. The van der Waals surface area contributed by atoms with E-state index in [1.54, 1.807) is 18.5 Å². The summed E-state index contributed by atoms with van der Waals surface area (Å²) in [4.78, 5) is 28.4. The predicted molar refractivity (Wildman–Crippen MR) is 123 cm³/mol. The molecule has 0 saturated heterocycles. The third kappa shape index (κ3) is 4.92. The van der Waals surface area contributed by atoms with Crippen molar-refractivity contribution < 1.29 is 0 Å². The van der Waals surface area contributed by atoms with Crippen LogP contribution in [0.1, 0.15) is 34.1 Å². The van der Waals surface area contributed by atoms with Gasteiger partial charge in [0.15, 0.2) is 0 Å². The normalized spacial score (nSPS) is 10.6. The number of aromatic nitrogens is 4. The molecule has 3 heterocycles. The smallest absolute Gasteiger partial charge is 0.275 e. The van der Waals surface area contributed by atoms with Crippen LogP contribution in [0.15, 0.2) is 48.8 Å². The molecule has 28 heavy (non-hydrogen) atoms. The molecule has 3 aromatic rings. The zero-order valence-corrected chi connectivity index (χ0v) is 18.4. The van der Waals surface area contributed by atoms with Gasteiger partial charge in [0.05, 0.1) is 5.39 Å². The molecule has 0 aliphatic rings. The third-order valence-electron chi connectivity index (χ3n) is 3.61. The van der Waals surface area contributed by atoms with Crippen LogP contribution in [-0.4, -0.2) is 33.6 Å². The Balaban J connectivity index is 0.000000583. The number of anilines is 1. The number of rotatable bonds is 4. The van der Waals surface area contributed by atoms with Crippen LogP contribution in [0.4, 0.5) is 5.82 Å². The zero-order valence-electron chi connectivity index (χ0n) is 17.6. The first-order chi connectivity index (χ1) is 13.5. The summed E-state index contributed by atoms with van der Waals surface area (Å²) in [6.07, 6.45) is 9.42. The van der Waals surface area contributed by atoms with Crippen molar-refractivity contribution in [2.45, 2.75) is 34.1 Å². The van der Waals surface area contributed by atoms with Crippen LogP contribution in [-0.2, 0) is 0 Å². The molecule has 3 aromatic heterocycles. The minimum absolute atomic E-state index is 0.103. The quantitative estimate of drug-likeness (QED) is 0.450. The number of fused-ring (bicyclic) bond motifs is 3. The number of nitrogens with zero attached hydrogens (tertiary/aromatic N) is 5. The van der Waals surface area contributed by atoms with Gasteiger partial charge in [0, 0.05) is 19.8 Å². The Morgan fingerprint density at radius 1 is 1.25 bits per heavy atom. The van der Waals surface area contributed by atoms with E-state index in [0.717, 1.165) is 28.2 Å². The summed E-state index contributed by atoms with van der Waals surface area (Å²) in [6, 6.07) is 0. The molecule has 0 fully saturated rings. The second kappa shape index (κ2) is 11.1. The van der Waals surface area contributed by atoms with Crippen LogP contribution in [0.5, 0.6) is 0 Å². The van der Waals surface area contributed by atoms with Gasteiger partial charge in [0.1, 0.15) is 33.5 Å². The second-order valence-electron chi connectivity index (χ2n) is 5.71. The van der Waals surface area contributed by atoms with E-state index in [9.17, 15) is 4.79 Å². The second-order valence-corrected chi connectivity index (χ2v) is 6.71. The molecule has 0 radical (unpaired) electrons. The maximum Gasteiger partial charge on any atom is 0.275 e. The third-order valence-corrected chi connectivity index (χ3v) is 4.68. The highest BCUT2D eigenvalue weighted by atomic mass is 32.1. The van der Waals surface area contributed by atoms with Crippen LogP contribution >= 0.6 is 11.3 Å². The molecule has 0 saturated carbocycles. The SMILES string of the molecule is C=C/C=C(\C)n1cnc2c(sc3ncnc(N(C)C)c32)c1=O.C=CCC.CC. The number of allylic oxidation sites excluding steroid dienone is 4. The Bertz CT molecular complexity index is 1030. The Morgan fingerprint density at radius 3 is 2.43 bits per heavy atom. The lowest BCUT2D eigenvalue weighted by molar-refractivity contribution is 0.983. The highest BCUT2D eigenvalue weighted by Gasteiger charge is 2.17. The molecule has 3 rings (SSSR count). The fourth-order valence-corrected chi connectivity index (χ4v) is 3.31. The largest absolute Gasteiger partial charge is 0.362 e. The topological polar surface area (TPSA) is 63.9 Å². The van der Waals surface area contributed by atoms with Gasteiger partial charge in [0.2, 0.25) is 0 Å². The summed E-state index contributed by atoms with van der Waals surface area (Å²) in [5, 5.41) is 0.821. The minimum Gasteiger partial charge on any atom is -0.362 e. The highest BCUT2D eigenvalue weighted by molar-refractivity contribution is 7.25. The first-order valence-electron chi connectivity index (χ1n) is 9.19. The fourth-order valence-electron chi connectivity index (χ4n) is 2.29. The van der Waals surface area contributed by atoms with Gasteiger partial charge in [-0.3, -0.25) is 9.36 Å². The van der Waals surface area contributed by atoms with E-state index >= 15 is 0 Å². The molecule has 0 atom stereocenters. The van der Waals surface area contributed by atoms with Crippen LogP contribution < -0.4 is 10.5 Å². The molecule has 150 valence electrons. The van der Waals surface area contributed by atoms with Crippen molar-refractivity contribution in [3.63, 3.8) is 0 Å². The maximum absolute atomic E-state index is 12.7. The van der Waals surface area contributed by atoms with Gasteiger partial charge in [-0.05, 0) is 19.4 Å². The summed E-state index contributed by atoms with van der Waals surface area (Å²) in [5.74, 6) is 0.763. The maximum atomic E-state index is 12.7. The van der Waals surface area contributed by atoms with Crippen LogP contribution in [0, 0.1) is 0 Å². The number of hydrogen-bond acceptors (Lipinski definition) is 6. The predicted octanol–water partition coefficient (Wildman–Crippen LogP) is 5.12. The average molecular weight is 400 g/mol. The van der Waals surface area contributed by atoms with Crippen molar-refractivity contribution in [3.05, 3.63) is 54.4 Å². The van der Waals surface area contributed by atoms with Gasteiger partial charge in [-0.25, -0.2) is 15.0 Å². The van der Waals surface area contributed by atoms with Crippen molar-refractivity contribution in [2.75, 3.05) is 19.0 Å². The minimum atomic E-state index is -0.103. The summed E-state index contributed by atoms with van der Waals surface area (Å²) in [7, 11) is 3.81. The number of thiophene rings is 1. The fraction of sp³-hybridized carbons (Fsp3) is 0.333. The van der Waals surface area contributed by atoms with Crippen LogP contribution in [0.25, 0.3) is 26.1 Å². The molecule has 0 spiro atoms. The first-order valence-corrected chi connectivity index (χ1v) is 10.0.